The van der Waals surface area contributed by atoms with Crippen LogP contribution in [-0.2, 0) is 11.1 Å². The summed E-state index contributed by atoms with van der Waals surface area (Å²) in [5, 5.41) is -0.583. The lowest BCUT2D eigenvalue weighted by atomic mass is 10.1. The number of aromatic nitrogens is 2. The van der Waals surface area contributed by atoms with Crippen LogP contribution in [0.25, 0.3) is 0 Å². The van der Waals surface area contributed by atoms with Crippen molar-refractivity contribution in [2.24, 2.45) is 0 Å². The summed E-state index contributed by atoms with van der Waals surface area (Å²) in [6.07, 6.45) is 2.05. The van der Waals surface area contributed by atoms with Crippen molar-refractivity contribution in [3.05, 3.63) is 24.0 Å². The maximum atomic E-state index is 12.5. The monoisotopic (exact) mass is 217 g/mol. The predicted molar refractivity (Wildman–Crippen MR) is 48.8 cm³/mol. The minimum absolute atomic E-state index is 0.336. The minimum Gasteiger partial charge on any atom is -0.772 e. The fraction of sp³-hybridized carbons (Fsp3) is 0.500. The SMILES string of the molecule is C[C@H](c1ncc(F)cn1)[C@@H](C)S(=O)[O-]. The first kappa shape index (κ1) is 11.2. The zero-order valence-corrected chi connectivity index (χ0v) is 8.62. The molecule has 0 saturated carbocycles. The largest absolute Gasteiger partial charge is 0.772 e. The smallest absolute Gasteiger partial charge is 0.159 e. The molecule has 0 aliphatic heterocycles. The average molecular weight is 217 g/mol. The zero-order chi connectivity index (χ0) is 10.7. The molecule has 0 aliphatic rings. The van der Waals surface area contributed by atoms with Crippen molar-refractivity contribution in [2.75, 3.05) is 0 Å². The Labute approximate surface area is 83.9 Å². The van der Waals surface area contributed by atoms with Crippen LogP contribution >= 0.6 is 0 Å². The highest BCUT2D eigenvalue weighted by atomic mass is 32.2. The topological polar surface area (TPSA) is 65.9 Å². The summed E-state index contributed by atoms with van der Waals surface area (Å²) in [6.45, 7) is 3.24. The van der Waals surface area contributed by atoms with E-state index in [-0.39, 0.29) is 5.92 Å². The van der Waals surface area contributed by atoms with E-state index in [9.17, 15) is 13.2 Å². The fourth-order valence-corrected chi connectivity index (χ4v) is 1.39. The first-order valence-corrected chi connectivity index (χ1v) is 5.21. The van der Waals surface area contributed by atoms with Gasteiger partial charge in [-0.25, -0.2) is 14.4 Å². The Balaban J connectivity index is 2.84. The molecule has 3 atom stereocenters. The van der Waals surface area contributed by atoms with Crippen molar-refractivity contribution in [1.29, 1.82) is 0 Å². The van der Waals surface area contributed by atoms with E-state index in [0.29, 0.717) is 5.82 Å². The maximum absolute atomic E-state index is 12.5. The summed E-state index contributed by atoms with van der Waals surface area (Å²) in [4.78, 5) is 7.44. The summed E-state index contributed by atoms with van der Waals surface area (Å²) in [5.41, 5.74) is 0. The molecule has 0 radical (unpaired) electrons. The van der Waals surface area contributed by atoms with Gasteiger partial charge in [0.25, 0.3) is 0 Å². The summed E-state index contributed by atoms with van der Waals surface area (Å²) in [7, 11) is 0. The highest BCUT2D eigenvalue weighted by Gasteiger charge is 2.17. The van der Waals surface area contributed by atoms with E-state index in [2.05, 4.69) is 9.97 Å². The van der Waals surface area contributed by atoms with Gasteiger partial charge in [-0.05, 0) is 0 Å². The van der Waals surface area contributed by atoms with Gasteiger partial charge in [0, 0.05) is 11.2 Å². The second-order valence-electron chi connectivity index (χ2n) is 3.01. The van der Waals surface area contributed by atoms with E-state index >= 15 is 0 Å². The Hall–Kier alpha value is -0.880. The first-order valence-electron chi connectivity index (χ1n) is 4.08. The van der Waals surface area contributed by atoms with Gasteiger partial charge in [0.1, 0.15) is 5.82 Å². The van der Waals surface area contributed by atoms with Crippen molar-refractivity contribution in [3.63, 3.8) is 0 Å². The van der Waals surface area contributed by atoms with Gasteiger partial charge < -0.3 is 4.55 Å². The van der Waals surface area contributed by atoms with E-state index < -0.39 is 22.1 Å². The Morgan fingerprint density at radius 3 is 2.36 bits per heavy atom. The summed E-state index contributed by atoms with van der Waals surface area (Å²) >= 11 is -2.17. The lowest BCUT2D eigenvalue weighted by Crippen LogP contribution is -2.20. The molecule has 6 heteroatoms. The Kier molecular flexibility index (Phi) is 3.65. The Bertz CT molecular complexity index is 331. The molecule has 0 fully saturated rings. The van der Waals surface area contributed by atoms with Crippen LogP contribution in [0, 0.1) is 5.82 Å². The van der Waals surface area contributed by atoms with Crippen LogP contribution in [0.4, 0.5) is 4.39 Å². The highest BCUT2D eigenvalue weighted by molar-refractivity contribution is 7.79. The molecule has 1 aromatic heterocycles. The molecule has 0 amide bonds. The van der Waals surface area contributed by atoms with Gasteiger partial charge in [-0.15, -0.1) is 0 Å². The molecule has 0 aromatic carbocycles. The molecule has 1 aromatic rings. The number of halogens is 1. The van der Waals surface area contributed by atoms with Crippen LogP contribution in [0.5, 0.6) is 0 Å². The van der Waals surface area contributed by atoms with Crippen molar-refractivity contribution < 1.29 is 13.2 Å². The zero-order valence-electron chi connectivity index (χ0n) is 7.81. The molecule has 4 nitrogen and oxygen atoms in total. The third-order valence-electron chi connectivity index (χ3n) is 2.06. The second kappa shape index (κ2) is 4.56. The van der Waals surface area contributed by atoms with Gasteiger partial charge in [-0.1, -0.05) is 24.9 Å². The fourth-order valence-electron chi connectivity index (χ4n) is 0.934. The third-order valence-corrected chi connectivity index (χ3v) is 3.07. The van der Waals surface area contributed by atoms with Crippen LogP contribution in [0.1, 0.15) is 25.6 Å². The molecule has 0 aliphatic carbocycles. The van der Waals surface area contributed by atoms with Crippen molar-refractivity contribution in [2.45, 2.75) is 25.0 Å². The molecule has 0 N–H and O–H groups in total. The average Bonchev–Trinajstić information content (AvgIpc) is 2.16. The predicted octanol–water partition coefficient (Wildman–Crippen LogP) is 0.987. The molecule has 0 saturated heterocycles. The minimum atomic E-state index is -2.17. The first-order chi connectivity index (χ1) is 6.52. The lowest BCUT2D eigenvalue weighted by molar-refractivity contribution is 0.509. The highest BCUT2D eigenvalue weighted by Crippen LogP contribution is 2.17. The van der Waals surface area contributed by atoms with E-state index in [1.807, 2.05) is 0 Å². The van der Waals surface area contributed by atoms with Gasteiger partial charge in [0.2, 0.25) is 0 Å². The normalized spacial score (nSPS) is 17.4. The molecule has 1 rings (SSSR count). The quantitative estimate of drug-likeness (QED) is 0.708. The van der Waals surface area contributed by atoms with E-state index in [4.69, 9.17) is 0 Å². The van der Waals surface area contributed by atoms with Crippen molar-refractivity contribution in [1.82, 2.24) is 9.97 Å². The number of rotatable bonds is 3. The molecule has 0 spiro atoms. The Morgan fingerprint density at radius 2 is 1.93 bits per heavy atom. The molecule has 78 valence electrons. The molecule has 0 bridgehead atoms. The van der Waals surface area contributed by atoms with Crippen LogP contribution < -0.4 is 0 Å². The van der Waals surface area contributed by atoms with E-state index in [0.717, 1.165) is 12.4 Å². The van der Waals surface area contributed by atoms with Gasteiger partial charge in [0.05, 0.1) is 12.4 Å². The molecular formula is C8H10FN2O2S-. The van der Waals surface area contributed by atoms with Crippen LogP contribution in [0.2, 0.25) is 0 Å². The standard InChI is InChI=1S/C8H11FN2O2S/c1-5(6(2)14(12)13)8-10-3-7(9)4-11-8/h3-6H,1-2H3,(H,12,13)/p-1/t5-,6+/m0/s1. The summed E-state index contributed by atoms with van der Waals surface area (Å²) < 4.78 is 33.8. The molecule has 14 heavy (non-hydrogen) atoms. The van der Waals surface area contributed by atoms with E-state index in [1.165, 1.54) is 0 Å². The maximum Gasteiger partial charge on any atom is 0.159 e. The number of nitrogens with zero attached hydrogens (tertiary/aromatic N) is 2. The van der Waals surface area contributed by atoms with Crippen LogP contribution in [0.15, 0.2) is 12.4 Å². The molecule has 1 heterocycles. The summed E-state index contributed by atoms with van der Waals surface area (Å²) in [6, 6.07) is 0. The van der Waals surface area contributed by atoms with Gasteiger partial charge in [0.15, 0.2) is 5.82 Å². The lowest BCUT2D eigenvalue weighted by Gasteiger charge is -2.20. The van der Waals surface area contributed by atoms with Crippen LogP contribution in [-0.4, -0.2) is 24.0 Å². The van der Waals surface area contributed by atoms with Crippen molar-refractivity contribution >= 4 is 11.1 Å². The van der Waals surface area contributed by atoms with Gasteiger partial charge >= 0.3 is 0 Å². The molecule has 1 unspecified atom stereocenters. The van der Waals surface area contributed by atoms with Crippen LogP contribution in [0.3, 0.4) is 0 Å². The van der Waals surface area contributed by atoms with E-state index in [1.54, 1.807) is 13.8 Å². The van der Waals surface area contributed by atoms with Crippen molar-refractivity contribution in [3.8, 4) is 0 Å². The van der Waals surface area contributed by atoms with Gasteiger partial charge in [-0.2, -0.15) is 0 Å². The number of hydrogen-bond acceptors (Lipinski definition) is 4. The third kappa shape index (κ3) is 2.55. The summed E-state index contributed by atoms with van der Waals surface area (Å²) in [5.74, 6) is -0.533. The Morgan fingerprint density at radius 1 is 1.43 bits per heavy atom. The van der Waals surface area contributed by atoms with Gasteiger partial charge in [-0.3, -0.25) is 4.21 Å². The number of hydrogen-bond donors (Lipinski definition) is 0. The second-order valence-corrected chi connectivity index (χ2v) is 4.28. The molecular weight excluding hydrogens is 207 g/mol.